The number of aromatic nitrogens is 2. The van der Waals surface area contributed by atoms with Crippen LogP contribution in [0.2, 0.25) is 0 Å². The van der Waals surface area contributed by atoms with Gasteiger partial charge in [0.15, 0.2) is 0 Å². The van der Waals surface area contributed by atoms with Crippen LogP contribution < -0.4 is 0 Å². The van der Waals surface area contributed by atoms with Crippen LogP contribution in [0, 0.1) is 5.92 Å². The molecular formula is C44H32N2. The van der Waals surface area contributed by atoms with E-state index in [0.717, 1.165) is 6.42 Å². The number of allylic oxidation sites excluding steroid dienone is 4. The summed E-state index contributed by atoms with van der Waals surface area (Å²) in [5, 5.41) is 5.13. The van der Waals surface area contributed by atoms with Gasteiger partial charge in [0.05, 0.1) is 22.1 Å². The number of benzene rings is 6. The Morgan fingerprint density at radius 1 is 0.543 bits per heavy atom. The molecule has 2 aliphatic carbocycles. The van der Waals surface area contributed by atoms with Crippen molar-refractivity contribution in [3.63, 3.8) is 0 Å². The molecule has 2 heterocycles. The molecule has 0 saturated heterocycles. The van der Waals surface area contributed by atoms with Gasteiger partial charge < -0.3 is 9.13 Å². The third-order valence-corrected chi connectivity index (χ3v) is 10.8. The fourth-order valence-electron chi connectivity index (χ4n) is 8.69. The van der Waals surface area contributed by atoms with E-state index in [9.17, 15) is 0 Å². The van der Waals surface area contributed by atoms with Crippen LogP contribution in [0.3, 0.4) is 0 Å². The van der Waals surface area contributed by atoms with E-state index in [-0.39, 0.29) is 5.41 Å². The van der Waals surface area contributed by atoms with Crippen molar-refractivity contribution in [1.82, 2.24) is 9.13 Å². The molecule has 0 bridgehead atoms. The summed E-state index contributed by atoms with van der Waals surface area (Å²) in [6, 6.07) is 49.4. The van der Waals surface area contributed by atoms with Gasteiger partial charge in [-0.3, -0.25) is 0 Å². The maximum atomic E-state index is 2.54. The Morgan fingerprint density at radius 3 is 2.04 bits per heavy atom. The SMILES string of the molecule is CC1(C2C=CC=CC2)c2ccccc2-c2c1ccc1c3ccccc3n(-c3ccc4c(c3)c3ccccc3n4-c3ccccc3)c21. The number of fused-ring (bicyclic) bond motifs is 10. The fourth-order valence-corrected chi connectivity index (χ4v) is 8.69. The molecule has 218 valence electrons. The third kappa shape index (κ3) is 3.31. The second kappa shape index (κ2) is 9.45. The largest absolute Gasteiger partial charge is 0.309 e. The summed E-state index contributed by atoms with van der Waals surface area (Å²) in [5.41, 5.74) is 12.8. The van der Waals surface area contributed by atoms with Gasteiger partial charge in [0, 0.05) is 43.9 Å². The molecule has 46 heavy (non-hydrogen) atoms. The van der Waals surface area contributed by atoms with Crippen molar-refractivity contribution in [2.24, 2.45) is 5.92 Å². The molecule has 0 aliphatic heterocycles. The normalized spacial score (nSPS) is 18.6. The van der Waals surface area contributed by atoms with Crippen LogP contribution in [0.25, 0.3) is 66.1 Å². The molecule has 2 aliphatic rings. The minimum atomic E-state index is -0.115. The maximum absolute atomic E-state index is 2.54. The summed E-state index contributed by atoms with van der Waals surface area (Å²) < 4.78 is 4.93. The highest BCUT2D eigenvalue weighted by Gasteiger charge is 2.45. The molecule has 6 aromatic carbocycles. The molecule has 0 amide bonds. The topological polar surface area (TPSA) is 9.86 Å². The van der Waals surface area contributed by atoms with Crippen LogP contribution >= 0.6 is 0 Å². The van der Waals surface area contributed by atoms with Gasteiger partial charge >= 0.3 is 0 Å². The van der Waals surface area contributed by atoms with Crippen molar-refractivity contribution in [3.8, 4) is 22.5 Å². The lowest BCUT2D eigenvalue weighted by molar-refractivity contribution is 0.425. The van der Waals surface area contributed by atoms with E-state index in [0.29, 0.717) is 5.92 Å². The lowest BCUT2D eigenvalue weighted by Crippen LogP contribution is -2.30. The van der Waals surface area contributed by atoms with E-state index in [1.165, 1.54) is 77.2 Å². The number of hydrogen-bond acceptors (Lipinski definition) is 0. The van der Waals surface area contributed by atoms with Crippen molar-refractivity contribution < 1.29 is 0 Å². The lowest BCUT2D eigenvalue weighted by atomic mass is 9.68. The lowest BCUT2D eigenvalue weighted by Gasteiger charge is -2.35. The molecule has 0 N–H and O–H groups in total. The Balaban J connectivity index is 1.31. The van der Waals surface area contributed by atoms with Gasteiger partial charge in [-0.1, -0.05) is 122 Å². The Labute approximate surface area is 268 Å². The quantitative estimate of drug-likeness (QED) is 0.194. The summed E-state index contributed by atoms with van der Waals surface area (Å²) in [7, 11) is 0. The van der Waals surface area contributed by atoms with Crippen LogP contribution in [-0.4, -0.2) is 9.13 Å². The Kier molecular flexibility index (Phi) is 5.28. The molecule has 10 rings (SSSR count). The molecule has 2 aromatic heterocycles. The van der Waals surface area contributed by atoms with Gasteiger partial charge in [-0.15, -0.1) is 0 Å². The van der Waals surface area contributed by atoms with E-state index < -0.39 is 0 Å². The summed E-state index contributed by atoms with van der Waals surface area (Å²) in [5.74, 6) is 0.399. The number of nitrogens with zero attached hydrogens (tertiary/aromatic N) is 2. The van der Waals surface area contributed by atoms with Crippen molar-refractivity contribution in [2.75, 3.05) is 0 Å². The van der Waals surface area contributed by atoms with Gasteiger partial charge in [-0.2, -0.15) is 0 Å². The van der Waals surface area contributed by atoms with E-state index in [1.807, 2.05) is 0 Å². The molecule has 2 nitrogen and oxygen atoms in total. The van der Waals surface area contributed by atoms with Crippen LogP contribution in [0.15, 0.2) is 158 Å². The smallest absolute Gasteiger partial charge is 0.0622 e. The van der Waals surface area contributed by atoms with Crippen LogP contribution in [-0.2, 0) is 5.41 Å². The first kappa shape index (κ1) is 25.7. The zero-order valence-electron chi connectivity index (χ0n) is 25.7. The zero-order chi connectivity index (χ0) is 30.4. The van der Waals surface area contributed by atoms with E-state index in [4.69, 9.17) is 0 Å². The van der Waals surface area contributed by atoms with Crippen LogP contribution in [0.5, 0.6) is 0 Å². The number of hydrogen-bond donors (Lipinski definition) is 0. The minimum Gasteiger partial charge on any atom is -0.309 e. The predicted octanol–water partition coefficient (Wildman–Crippen LogP) is 11.3. The van der Waals surface area contributed by atoms with E-state index in [1.54, 1.807) is 0 Å². The highest BCUT2D eigenvalue weighted by Crippen LogP contribution is 2.57. The molecule has 0 saturated carbocycles. The summed E-state index contributed by atoms with van der Waals surface area (Å²) in [6.07, 6.45) is 10.2. The van der Waals surface area contributed by atoms with Crippen molar-refractivity contribution >= 4 is 43.6 Å². The van der Waals surface area contributed by atoms with Gasteiger partial charge in [0.1, 0.15) is 0 Å². The third-order valence-electron chi connectivity index (χ3n) is 10.8. The number of rotatable bonds is 3. The molecular weight excluding hydrogens is 556 g/mol. The highest BCUT2D eigenvalue weighted by molar-refractivity contribution is 6.16. The molecule has 0 fully saturated rings. The fraction of sp³-hybridized carbons (Fsp3) is 0.0909. The Bertz CT molecular complexity index is 2580. The van der Waals surface area contributed by atoms with Crippen molar-refractivity contribution in [2.45, 2.75) is 18.8 Å². The molecule has 0 spiro atoms. The zero-order valence-corrected chi connectivity index (χ0v) is 25.7. The van der Waals surface area contributed by atoms with Gasteiger partial charge in [0.25, 0.3) is 0 Å². The predicted molar refractivity (Wildman–Crippen MR) is 193 cm³/mol. The average molecular weight is 589 g/mol. The summed E-state index contributed by atoms with van der Waals surface area (Å²) in [6.45, 7) is 2.47. The standard InChI is InChI=1S/C44H32N2/c1-44(29-14-4-2-5-15-29)37-21-11-8-20-35(37)42-38(44)26-25-34-32-18-9-13-23-40(32)46(43(34)42)31-24-27-41-36(28-31)33-19-10-12-22-39(33)45(41)30-16-6-3-7-17-30/h2-14,16-29H,15H2,1H3. The second-order valence-electron chi connectivity index (χ2n) is 13.0. The molecule has 0 radical (unpaired) electrons. The Hall–Kier alpha value is -5.60. The van der Waals surface area contributed by atoms with Gasteiger partial charge in [0.2, 0.25) is 0 Å². The van der Waals surface area contributed by atoms with Crippen molar-refractivity contribution in [3.05, 3.63) is 169 Å². The summed E-state index contributed by atoms with van der Waals surface area (Å²) >= 11 is 0. The van der Waals surface area contributed by atoms with E-state index >= 15 is 0 Å². The first-order valence-electron chi connectivity index (χ1n) is 16.3. The molecule has 2 atom stereocenters. The average Bonchev–Trinajstić information content (AvgIpc) is 3.73. The molecule has 2 heteroatoms. The molecule has 8 aromatic rings. The summed E-state index contributed by atoms with van der Waals surface area (Å²) in [4.78, 5) is 0. The highest BCUT2D eigenvalue weighted by atomic mass is 15.0. The second-order valence-corrected chi connectivity index (χ2v) is 13.0. The van der Waals surface area contributed by atoms with Crippen molar-refractivity contribution in [1.29, 1.82) is 0 Å². The molecule has 2 unspecified atom stereocenters. The van der Waals surface area contributed by atoms with E-state index in [2.05, 4.69) is 174 Å². The number of para-hydroxylation sites is 3. The van der Waals surface area contributed by atoms with Gasteiger partial charge in [-0.25, -0.2) is 0 Å². The maximum Gasteiger partial charge on any atom is 0.0622 e. The minimum absolute atomic E-state index is 0.115. The first-order chi connectivity index (χ1) is 22.7. The van der Waals surface area contributed by atoms with Gasteiger partial charge in [-0.05, 0) is 71.5 Å². The van der Waals surface area contributed by atoms with Crippen LogP contribution in [0.4, 0.5) is 0 Å². The Morgan fingerprint density at radius 2 is 1.24 bits per heavy atom. The monoisotopic (exact) mass is 588 g/mol. The first-order valence-corrected chi connectivity index (χ1v) is 16.3. The van der Waals surface area contributed by atoms with Crippen LogP contribution in [0.1, 0.15) is 24.5 Å².